The Labute approximate surface area is 104 Å². The van der Waals surface area contributed by atoms with Crippen LogP contribution in [0.4, 0.5) is 14.9 Å². The summed E-state index contributed by atoms with van der Waals surface area (Å²) in [7, 11) is 0. The lowest BCUT2D eigenvalue weighted by Crippen LogP contribution is -2.42. The van der Waals surface area contributed by atoms with Gasteiger partial charge in [0.05, 0.1) is 0 Å². The minimum atomic E-state index is -1.11. The van der Waals surface area contributed by atoms with Crippen LogP contribution in [-0.4, -0.2) is 23.1 Å². The van der Waals surface area contributed by atoms with Crippen molar-refractivity contribution in [1.29, 1.82) is 0 Å². The molecule has 0 radical (unpaired) electrons. The molecule has 1 rings (SSSR count). The Kier molecular flexibility index (Phi) is 4.65. The summed E-state index contributed by atoms with van der Waals surface area (Å²) in [5, 5.41) is 13.4. The highest BCUT2D eigenvalue weighted by molar-refractivity contribution is 5.92. The second kappa shape index (κ2) is 6.00. The lowest BCUT2D eigenvalue weighted by atomic mass is 10.2. The molecule has 0 aliphatic heterocycles. The van der Waals surface area contributed by atoms with Crippen LogP contribution in [0, 0.1) is 12.7 Å². The van der Waals surface area contributed by atoms with E-state index in [4.69, 9.17) is 5.11 Å². The minimum absolute atomic E-state index is 0.269. The maximum Gasteiger partial charge on any atom is 0.326 e. The van der Waals surface area contributed by atoms with E-state index in [-0.39, 0.29) is 12.1 Å². The van der Waals surface area contributed by atoms with E-state index in [2.05, 4.69) is 10.6 Å². The van der Waals surface area contributed by atoms with E-state index in [1.54, 1.807) is 19.9 Å². The average Bonchev–Trinajstić information content (AvgIpc) is 2.23. The summed E-state index contributed by atoms with van der Waals surface area (Å²) >= 11 is 0. The van der Waals surface area contributed by atoms with Crippen molar-refractivity contribution in [2.45, 2.75) is 26.3 Å². The van der Waals surface area contributed by atoms with Gasteiger partial charge in [-0.1, -0.05) is 6.92 Å². The summed E-state index contributed by atoms with van der Waals surface area (Å²) in [6.45, 7) is 3.34. The fraction of sp³-hybridized carbons (Fsp3) is 0.333. The molecule has 0 spiro atoms. The van der Waals surface area contributed by atoms with Crippen LogP contribution in [0.15, 0.2) is 18.2 Å². The first-order valence-electron chi connectivity index (χ1n) is 5.50. The molecule has 0 saturated carbocycles. The third-order valence-electron chi connectivity index (χ3n) is 2.31. The molecule has 0 fully saturated rings. The quantitative estimate of drug-likeness (QED) is 0.770. The van der Waals surface area contributed by atoms with Crippen LogP contribution in [0.25, 0.3) is 0 Å². The summed E-state index contributed by atoms with van der Waals surface area (Å²) in [5.41, 5.74) is 0.945. The van der Waals surface area contributed by atoms with Crippen molar-refractivity contribution in [1.82, 2.24) is 5.32 Å². The molecule has 1 unspecified atom stereocenters. The molecule has 0 aromatic heterocycles. The molecule has 0 aliphatic carbocycles. The highest BCUT2D eigenvalue weighted by atomic mass is 19.1. The molecule has 5 nitrogen and oxygen atoms in total. The summed E-state index contributed by atoms with van der Waals surface area (Å²) in [6, 6.07) is 2.45. The zero-order valence-electron chi connectivity index (χ0n) is 10.2. The normalized spacial score (nSPS) is 11.7. The van der Waals surface area contributed by atoms with Gasteiger partial charge in [-0.3, -0.25) is 0 Å². The molecule has 0 heterocycles. The van der Waals surface area contributed by atoms with Gasteiger partial charge in [-0.2, -0.15) is 0 Å². The molecule has 98 valence electrons. The van der Waals surface area contributed by atoms with Crippen LogP contribution in [0.5, 0.6) is 0 Å². The molecule has 1 aromatic carbocycles. The number of amides is 2. The largest absolute Gasteiger partial charge is 0.480 e. The van der Waals surface area contributed by atoms with Crippen molar-refractivity contribution in [3.63, 3.8) is 0 Å². The molecule has 1 aromatic rings. The first-order chi connectivity index (χ1) is 8.42. The van der Waals surface area contributed by atoms with Crippen LogP contribution in [-0.2, 0) is 4.79 Å². The van der Waals surface area contributed by atoms with Crippen molar-refractivity contribution in [3.05, 3.63) is 29.6 Å². The number of hydrogen-bond acceptors (Lipinski definition) is 2. The summed E-state index contributed by atoms with van der Waals surface area (Å²) in [4.78, 5) is 22.2. The molecule has 0 bridgehead atoms. The fourth-order valence-corrected chi connectivity index (χ4v) is 1.47. The zero-order chi connectivity index (χ0) is 13.7. The molecule has 6 heteroatoms. The number of hydrogen-bond donors (Lipinski definition) is 3. The highest BCUT2D eigenvalue weighted by Gasteiger charge is 2.17. The second-order valence-corrected chi connectivity index (χ2v) is 3.91. The highest BCUT2D eigenvalue weighted by Crippen LogP contribution is 2.13. The number of aryl methyl sites for hydroxylation is 1. The number of carboxylic acids is 1. The first kappa shape index (κ1) is 14.0. The number of carbonyl (C=O) groups excluding carboxylic acids is 1. The molecule has 2 amide bonds. The van der Waals surface area contributed by atoms with E-state index in [9.17, 15) is 14.0 Å². The number of anilines is 1. The van der Waals surface area contributed by atoms with Crippen molar-refractivity contribution in [2.24, 2.45) is 0 Å². The molecule has 3 N–H and O–H groups in total. The zero-order valence-corrected chi connectivity index (χ0v) is 10.2. The smallest absolute Gasteiger partial charge is 0.326 e. The lowest BCUT2D eigenvalue weighted by molar-refractivity contribution is -0.139. The number of benzene rings is 1. The van der Waals surface area contributed by atoms with Crippen LogP contribution >= 0.6 is 0 Å². The number of halogens is 1. The van der Waals surface area contributed by atoms with Gasteiger partial charge in [-0.25, -0.2) is 14.0 Å². The van der Waals surface area contributed by atoms with Gasteiger partial charge in [0.1, 0.15) is 11.9 Å². The third-order valence-corrected chi connectivity index (χ3v) is 2.31. The first-order valence-corrected chi connectivity index (χ1v) is 5.50. The predicted octanol–water partition coefficient (Wildman–Crippen LogP) is 2.12. The van der Waals surface area contributed by atoms with Crippen LogP contribution < -0.4 is 10.6 Å². The lowest BCUT2D eigenvalue weighted by Gasteiger charge is -2.13. The van der Waals surface area contributed by atoms with Gasteiger partial charge in [0.15, 0.2) is 0 Å². The minimum Gasteiger partial charge on any atom is -0.480 e. The van der Waals surface area contributed by atoms with Gasteiger partial charge in [-0.15, -0.1) is 0 Å². The standard InChI is InChI=1S/C12H15FN2O3/c1-3-10(11(16)17)15-12(18)14-9-5-7(2)4-8(13)6-9/h4-6,10H,3H2,1-2H3,(H,16,17)(H2,14,15,18). The van der Waals surface area contributed by atoms with Crippen molar-refractivity contribution < 1.29 is 19.1 Å². The third kappa shape index (κ3) is 4.04. The number of aliphatic carboxylic acids is 1. The molecular weight excluding hydrogens is 239 g/mol. The Morgan fingerprint density at radius 3 is 2.56 bits per heavy atom. The van der Waals surface area contributed by atoms with Crippen molar-refractivity contribution >= 4 is 17.7 Å². The summed E-state index contributed by atoms with van der Waals surface area (Å²) < 4.78 is 13.1. The van der Waals surface area contributed by atoms with Crippen molar-refractivity contribution in [3.8, 4) is 0 Å². The van der Waals surface area contributed by atoms with Crippen LogP contribution in [0.3, 0.4) is 0 Å². The van der Waals surface area contributed by atoms with E-state index in [1.165, 1.54) is 6.07 Å². The molecule has 0 saturated heterocycles. The van der Waals surface area contributed by atoms with E-state index < -0.39 is 23.9 Å². The van der Waals surface area contributed by atoms with Crippen LogP contribution in [0.1, 0.15) is 18.9 Å². The predicted molar refractivity (Wildman–Crippen MR) is 65.0 cm³/mol. The Bertz CT molecular complexity index is 442. The Morgan fingerprint density at radius 2 is 2.06 bits per heavy atom. The average molecular weight is 254 g/mol. The maximum absolute atomic E-state index is 13.1. The Balaban J connectivity index is 2.67. The number of nitrogens with one attached hydrogen (secondary N) is 2. The summed E-state index contributed by atoms with van der Waals surface area (Å²) in [5.74, 6) is -1.57. The molecule has 1 atom stereocenters. The number of carboxylic acid groups (broad SMARTS) is 1. The number of urea groups is 1. The Morgan fingerprint density at radius 1 is 1.39 bits per heavy atom. The Hall–Kier alpha value is -2.11. The van der Waals surface area contributed by atoms with Gasteiger partial charge in [0, 0.05) is 5.69 Å². The number of rotatable bonds is 4. The molecule has 0 aliphatic rings. The van der Waals surface area contributed by atoms with E-state index in [1.807, 2.05) is 0 Å². The van der Waals surface area contributed by atoms with E-state index in [0.29, 0.717) is 5.56 Å². The van der Waals surface area contributed by atoms with Gasteiger partial charge in [-0.05, 0) is 37.1 Å². The topological polar surface area (TPSA) is 78.4 Å². The molecule has 18 heavy (non-hydrogen) atoms. The van der Waals surface area contributed by atoms with E-state index in [0.717, 1.165) is 6.07 Å². The maximum atomic E-state index is 13.1. The second-order valence-electron chi connectivity index (χ2n) is 3.91. The van der Waals surface area contributed by atoms with Crippen molar-refractivity contribution in [2.75, 3.05) is 5.32 Å². The van der Waals surface area contributed by atoms with E-state index >= 15 is 0 Å². The van der Waals surface area contributed by atoms with Gasteiger partial charge in [0.2, 0.25) is 0 Å². The van der Waals surface area contributed by atoms with Gasteiger partial charge in [0.25, 0.3) is 0 Å². The summed E-state index contributed by atoms with van der Waals surface area (Å²) in [6.07, 6.45) is 0.269. The van der Waals surface area contributed by atoms with Gasteiger partial charge < -0.3 is 15.7 Å². The fourth-order valence-electron chi connectivity index (χ4n) is 1.47. The number of carbonyl (C=O) groups is 2. The van der Waals surface area contributed by atoms with Gasteiger partial charge >= 0.3 is 12.0 Å². The SMILES string of the molecule is CCC(NC(=O)Nc1cc(C)cc(F)c1)C(=O)O. The van der Waals surface area contributed by atoms with Crippen LogP contribution in [0.2, 0.25) is 0 Å². The monoisotopic (exact) mass is 254 g/mol. The molecular formula is C12H15FN2O3.